The highest BCUT2D eigenvalue weighted by Crippen LogP contribution is 2.23. The minimum absolute atomic E-state index is 0. The third-order valence-electron chi connectivity index (χ3n) is 5.51. The van der Waals surface area contributed by atoms with E-state index in [0.29, 0.717) is 16.6 Å². The van der Waals surface area contributed by atoms with Gasteiger partial charge in [-0.2, -0.15) is 0 Å². The normalized spacial score (nSPS) is 10.1. The van der Waals surface area contributed by atoms with Crippen molar-refractivity contribution in [2.75, 3.05) is 0 Å². The van der Waals surface area contributed by atoms with Gasteiger partial charge in [0.2, 0.25) is 0 Å². The van der Waals surface area contributed by atoms with Gasteiger partial charge in [-0.15, -0.1) is 0 Å². The second kappa shape index (κ2) is 12.2. The number of aromatic nitrogens is 3. The summed E-state index contributed by atoms with van der Waals surface area (Å²) in [7, 11) is 0. The molecule has 3 N–H and O–H groups in total. The lowest BCUT2D eigenvalue weighted by molar-refractivity contribution is 0.480. The zero-order valence-corrected chi connectivity index (χ0v) is 22.1. The fourth-order valence-electron chi connectivity index (χ4n) is 3.69. The number of hydrogen-bond donors (Lipinski definition) is 3. The van der Waals surface area contributed by atoms with Crippen LogP contribution in [-0.4, -0.2) is 47.6 Å². The zero-order chi connectivity index (χ0) is 25.7. The third kappa shape index (κ3) is 6.74. The number of hydrogen-bond acceptors (Lipinski definition) is 6. The van der Waals surface area contributed by atoms with Gasteiger partial charge in [-0.25, -0.2) is 15.0 Å². The molecule has 0 unspecified atom stereocenters. The Kier molecular flexibility index (Phi) is 9.02. The number of phenolic OH excluding ortho intramolecular Hbond substituents is 3. The van der Waals surface area contributed by atoms with Crippen molar-refractivity contribution in [2.24, 2.45) is 0 Å². The molecule has 183 valence electrons. The second-order valence-corrected chi connectivity index (χ2v) is 8.40. The monoisotopic (exact) mass is 504 g/mol. The summed E-state index contributed by atoms with van der Waals surface area (Å²) in [6.07, 6.45) is 0. The van der Waals surface area contributed by atoms with Crippen molar-refractivity contribution in [3.05, 3.63) is 108 Å². The van der Waals surface area contributed by atoms with Crippen LogP contribution in [0.15, 0.2) is 91.0 Å². The summed E-state index contributed by atoms with van der Waals surface area (Å²) in [4.78, 5) is 12.7. The average molecular weight is 505 g/mol. The summed E-state index contributed by atoms with van der Waals surface area (Å²) in [5, 5.41) is 31.2. The first kappa shape index (κ1) is 27.4. The lowest BCUT2D eigenvalue weighted by atomic mass is 10.2. The molecule has 0 fully saturated rings. The van der Waals surface area contributed by atoms with E-state index in [1.54, 1.807) is 18.2 Å². The first-order valence-corrected chi connectivity index (χ1v) is 11.5. The van der Waals surface area contributed by atoms with Gasteiger partial charge < -0.3 is 15.3 Å². The van der Waals surface area contributed by atoms with Crippen LogP contribution in [-0.2, 0) is 0 Å². The van der Waals surface area contributed by atoms with E-state index in [-0.39, 0.29) is 34.6 Å². The maximum Gasteiger partial charge on any atom is 0.141 e. The maximum absolute atomic E-state index is 9.43. The second-order valence-electron chi connectivity index (χ2n) is 8.40. The van der Waals surface area contributed by atoms with E-state index in [2.05, 4.69) is 15.0 Å². The fraction of sp³-hybridized carbons (Fsp3) is 0.100. The molecule has 0 saturated carbocycles. The van der Waals surface area contributed by atoms with Gasteiger partial charge in [0.15, 0.2) is 0 Å². The van der Waals surface area contributed by atoms with Crippen LogP contribution in [0.2, 0.25) is 0 Å². The molecular formula is C30H27AlN3O3. The highest BCUT2D eigenvalue weighted by atomic mass is 27.0. The molecule has 6 rings (SSSR count). The lowest BCUT2D eigenvalue weighted by Crippen LogP contribution is -1.82. The maximum atomic E-state index is 9.43. The topological polar surface area (TPSA) is 99.4 Å². The van der Waals surface area contributed by atoms with Crippen molar-refractivity contribution in [1.29, 1.82) is 0 Å². The summed E-state index contributed by atoms with van der Waals surface area (Å²) in [6, 6.07) is 27.8. The Morgan fingerprint density at radius 1 is 0.405 bits per heavy atom. The number of aromatic hydroxyl groups is 3. The third-order valence-corrected chi connectivity index (χ3v) is 5.51. The van der Waals surface area contributed by atoms with E-state index >= 15 is 0 Å². The van der Waals surface area contributed by atoms with Gasteiger partial charge in [0.05, 0.1) is 0 Å². The van der Waals surface area contributed by atoms with Crippen LogP contribution in [0.1, 0.15) is 17.1 Å². The quantitative estimate of drug-likeness (QED) is 0.208. The van der Waals surface area contributed by atoms with Gasteiger partial charge in [-0.3, -0.25) is 0 Å². The van der Waals surface area contributed by atoms with E-state index in [4.69, 9.17) is 0 Å². The number of pyridine rings is 3. The van der Waals surface area contributed by atoms with Crippen LogP contribution in [0.25, 0.3) is 32.7 Å². The molecule has 6 aromatic rings. The Labute approximate surface area is 226 Å². The summed E-state index contributed by atoms with van der Waals surface area (Å²) in [5.74, 6) is 0.739. The fourth-order valence-corrected chi connectivity index (χ4v) is 3.69. The highest BCUT2D eigenvalue weighted by Gasteiger charge is 2.01. The standard InChI is InChI=1S/3C10H9NO.Al/c3*1-7-5-6-8-3-2-4-9(12)10(8)11-7;/h3*2-6,12H,1H3;. The Morgan fingerprint density at radius 3 is 0.946 bits per heavy atom. The van der Waals surface area contributed by atoms with E-state index < -0.39 is 0 Å². The Bertz CT molecular complexity index is 1470. The van der Waals surface area contributed by atoms with Crippen molar-refractivity contribution in [3.63, 3.8) is 0 Å². The van der Waals surface area contributed by atoms with Crippen molar-refractivity contribution in [1.82, 2.24) is 15.0 Å². The Hall–Kier alpha value is -4.18. The molecule has 0 amide bonds. The molecule has 0 bridgehead atoms. The largest absolute Gasteiger partial charge is 0.506 e. The molecule has 7 heteroatoms. The Morgan fingerprint density at radius 2 is 0.676 bits per heavy atom. The number of aryl methyl sites for hydroxylation is 3. The molecule has 3 heterocycles. The summed E-state index contributed by atoms with van der Waals surface area (Å²) in [6.45, 7) is 5.73. The van der Waals surface area contributed by atoms with Crippen LogP contribution in [0, 0.1) is 20.8 Å². The molecule has 3 aromatic carbocycles. The molecule has 37 heavy (non-hydrogen) atoms. The molecule has 0 saturated heterocycles. The number of fused-ring (bicyclic) bond motifs is 3. The first-order valence-electron chi connectivity index (χ1n) is 11.5. The van der Waals surface area contributed by atoms with Crippen LogP contribution in [0.5, 0.6) is 17.2 Å². The SMILES string of the molecule is Cc1ccc2cccc(O)c2n1.Cc1ccc2cccc(O)c2n1.Cc1ccc2cccc(O)c2n1.[Al]. The van der Waals surface area contributed by atoms with Crippen LogP contribution in [0.4, 0.5) is 0 Å². The van der Waals surface area contributed by atoms with Crippen LogP contribution in [0.3, 0.4) is 0 Å². The number of phenols is 3. The number of benzene rings is 3. The van der Waals surface area contributed by atoms with Crippen molar-refractivity contribution in [3.8, 4) is 17.2 Å². The highest BCUT2D eigenvalue weighted by molar-refractivity contribution is 5.85. The average Bonchev–Trinajstić information content (AvgIpc) is 2.87. The van der Waals surface area contributed by atoms with E-state index in [9.17, 15) is 15.3 Å². The van der Waals surface area contributed by atoms with Gasteiger partial charge in [-0.1, -0.05) is 54.6 Å². The van der Waals surface area contributed by atoms with Gasteiger partial charge >= 0.3 is 0 Å². The number of nitrogens with zero attached hydrogens (tertiary/aromatic N) is 3. The summed E-state index contributed by atoms with van der Waals surface area (Å²) >= 11 is 0. The molecule has 0 spiro atoms. The minimum Gasteiger partial charge on any atom is -0.506 e. The smallest absolute Gasteiger partial charge is 0.141 e. The van der Waals surface area contributed by atoms with Crippen LogP contribution < -0.4 is 0 Å². The van der Waals surface area contributed by atoms with Crippen LogP contribution >= 0.6 is 0 Å². The van der Waals surface area contributed by atoms with Gasteiger partial charge in [0.1, 0.15) is 33.8 Å². The molecule has 0 aliphatic heterocycles. The molecule has 3 radical (unpaired) electrons. The van der Waals surface area contributed by atoms with E-state index in [1.165, 1.54) is 0 Å². The Balaban J connectivity index is 0.000000152. The van der Waals surface area contributed by atoms with Crippen molar-refractivity contribution < 1.29 is 15.3 Å². The molecule has 0 aliphatic rings. The first-order chi connectivity index (χ1) is 17.3. The number of para-hydroxylation sites is 3. The van der Waals surface area contributed by atoms with E-state index in [1.807, 2.05) is 93.6 Å². The summed E-state index contributed by atoms with van der Waals surface area (Å²) in [5.41, 5.74) is 4.80. The van der Waals surface area contributed by atoms with Gasteiger partial charge in [0, 0.05) is 50.6 Å². The molecule has 6 nitrogen and oxygen atoms in total. The summed E-state index contributed by atoms with van der Waals surface area (Å²) < 4.78 is 0. The zero-order valence-electron chi connectivity index (χ0n) is 20.9. The molecular weight excluding hydrogens is 477 g/mol. The van der Waals surface area contributed by atoms with E-state index in [0.717, 1.165) is 33.2 Å². The predicted octanol–water partition coefficient (Wildman–Crippen LogP) is 6.37. The van der Waals surface area contributed by atoms with Crippen molar-refractivity contribution >= 4 is 50.1 Å². The minimum atomic E-state index is 0. The molecule has 3 aromatic heterocycles. The van der Waals surface area contributed by atoms with Gasteiger partial charge in [-0.05, 0) is 57.2 Å². The number of rotatable bonds is 0. The van der Waals surface area contributed by atoms with Gasteiger partial charge in [0.25, 0.3) is 0 Å². The molecule has 0 atom stereocenters. The predicted molar refractivity (Wildman–Crippen MR) is 150 cm³/mol. The van der Waals surface area contributed by atoms with Crippen molar-refractivity contribution in [2.45, 2.75) is 20.8 Å². The molecule has 0 aliphatic carbocycles. The lowest BCUT2D eigenvalue weighted by Gasteiger charge is -1.99.